The number of nitrogens with zero attached hydrogens (tertiary/aromatic N) is 1. The number of carbonyl (C=O) groups is 1. The lowest BCUT2D eigenvalue weighted by Crippen LogP contribution is -2.25. The van der Waals surface area contributed by atoms with Gasteiger partial charge in [-0.15, -0.1) is 0 Å². The zero-order valence-electron chi connectivity index (χ0n) is 12.7. The number of ether oxygens (including phenoxy) is 1. The van der Waals surface area contributed by atoms with E-state index in [4.69, 9.17) is 15.4 Å². The van der Waals surface area contributed by atoms with Crippen molar-refractivity contribution in [3.8, 4) is 5.75 Å². The van der Waals surface area contributed by atoms with Crippen molar-refractivity contribution in [2.45, 2.75) is 32.8 Å². The lowest BCUT2D eigenvalue weighted by molar-refractivity contribution is -0.117. The van der Waals surface area contributed by atoms with Gasteiger partial charge in [0, 0.05) is 35.3 Å². The Balaban J connectivity index is 2.04. The third kappa shape index (κ3) is 4.61. The molecule has 0 radical (unpaired) electrons. The zero-order chi connectivity index (χ0) is 16.3. The Hall–Kier alpha value is -1.27. The molecule has 1 fully saturated rings. The Bertz CT molecular complexity index is 629. The maximum atomic E-state index is 12.0. The first kappa shape index (κ1) is 17.1. The van der Waals surface area contributed by atoms with Crippen LogP contribution in [0.5, 0.6) is 5.75 Å². The summed E-state index contributed by atoms with van der Waals surface area (Å²) in [6, 6.07) is 7.27. The molecule has 1 aromatic rings. The van der Waals surface area contributed by atoms with E-state index in [1.54, 1.807) is 4.90 Å². The van der Waals surface area contributed by atoms with Crippen LogP contribution >= 0.6 is 10.7 Å². The van der Waals surface area contributed by atoms with Gasteiger partial charge in [0.15, 0.2) is 0 Å². The predicted molar refractivity (Wildman–Crippen MR) is 86.9 cm³/mol. The molecule has 0 spiro atoms. The topological polar surface area (TPSA) is 63.7 Å². The monoisotopic (exact) mass is 345 g/mol. The van der Waals surface area contributed by atoms with E-state index < -0.39 is 9.05 Å². The molecule has 0 aromatic heterocycles. The maximum Gasteiger partial charge on any atom is 0.232 e. The summed E-state index contributed by atoms with van der Waals surface area (Å²) in [4.78, 5) is 13.6. The van der Waals surface area contributed by atoms with Crippen LogP contribution < -0.4 is 9.64 Å². The molecule has 1 aliphatic rings. The van der Waals surface area contributed by atoms with E-state index in [9.17, 15) is 13.2 Å². The molecule has 122 valence electrons. The van der Waals surface area contributed by atoms with Gasteiger partial charge in [0.25, 0.3) is 0 Å². The number of hydrogen-bond acceptors (Lipinski definition) is 4. The number of benzene rings is 1. The fourth-order valence-electron chi connectivity index (χ4n) is 2.44. The van der Waals surface area contributed by atoms with Gasteiger partial charge in [0.2, 0.25) is 15.0 Å². The van der Waals surface area contributed by atoms with Crippen molar-refractivity contribution in [2.75, 3.05) is 17.2 Å². The average molecular weight is 346 g/mol. The van der Waals surface area contributed by atoms with E-state index in [0.717, 1.165) is 17.9 Å². The quantitative estimate of drug-likeness (QED) is 0.744. The number of carbonyl (C=O) groups excluding carboxylic acids is 1. The smallest absolute Gasteiger partial charge is 0.232 e. The third-order valence-electron chi connectivity index (χ3n) is 3.70. The van der Waals surface area contributed by atoms with Gasteiger partial charge < -0.3 is 9.64 Å². The first-order valence-electron chi connectivity index (χ1n) is 7.28. The molecule has 2 atom stereocenters. The molecule has 5 nitrogen and oxygen atoms in total. The summed E-state index contributed by atoms with van der Waals surface area (Å²) in [7, 11) is 1.68. The van der Waals surface area contributed by atoms with Crippen LogP contribution in [0.2, 0.25) is 0 Å². The highest BCUT2D eigenvalue weighted by molar-refractivity contribution is 8.13. The molecule has 0 saturated carbocycles. The van der Waals surface area contributed by atoms with E-state index >= 15 is 0 Å². The van der Waals surface area contributed by atoms with Gasteiger partial charge in [-0.3, -0.25) is 4.79 Å². The summed E-state index contributed by atoms with van der Waals surface area (Å²) >= 11 is 0. The van der Waals surface area contributed by atoms with Crippen molar-refractivity contribution in [1.29, 1.82) is 0 Å². The van der Waals surface area contributed by atoms with Crippen LogP contribution in [0.3, 0.4) is 0 Å². The highest BCUT2D eigenvalue weighted by atomic mass is 35.7. The largest absolute Gasteiger partial charge is 0.491 e. The number of hydrogen-bond donors (Lipinski definition) is 0. The molecule has 0 bridgehead atoms. The van der Waals surface area contributed by atoms with Crippen LogP contribution in [-0.2, 0) is 13.8 Å². The zero-order valence-corrected chi connectivity index (χ0v) is 14.2. The summed E-state index contributed by atoms with van der Waals surface area (Å²) in [5.41, 5.74) is 0.746. The van der Waals surface area contributed by atoms with Crippen LogP contribution in [0.15, 0.2) is 24.3 Å². The van der Waals surface area contributed by atoms with Crippen molar-refractivity contribution < 1.29 is 17.9 Å². The maximum absolute atomic E-state index is 12.0. The molecule has 1 heterocycles. The minimum absolute atomic E-state index is 0.0825. The predicted octanol–water partition coefficient (Wildman–Crippen LogP) is 2.79. The highest BCUT2D eigenvalue weighted by Crippen LogP contribution is 2.28. The summed E-state index contributed by atoms with van der Waals surface area (Å²) in [6.07, 6.45) is 1.26. The Morgan fingerprint density at radius 3 is 2.55 bits per heavy atom. The summed E-state index contributed by atoms with van der Waals surface area (Å²) < 4.78 is 28.0. The third-order valence-corrected chi connectivity index (χ3v) is 4.95. The SMILES string of the molecule is CCC(C)Oc1ccc(N2CC(CS(=O)(=O)Cl)CC2=O)cc1. The molecular weight excluding hydrogens is 326 g/mol. The second kappa shape index (κ2) is 6.87. The van der Waals surface area contributed by atoms with E-state index in [1.165, 1.54) is 0 Å². The van der Waals surface area contributed by atoms with Gasteiger partial charge in [-0.05, 0) is 37.6 Å². The standard InChI is InChI=1S/C15H20ClNO4S/c1-3-11(2)21-14-6-4-13(5-7-14)17-9-12(8-15(17)18)10-22(16,19)20/h4-7,11-12H,3,8-10H2,1-2H3. The highest BCUT2D eigenvalue weighted by Gasteiger charge is 2.33. The molecule has 2 rings (SSSR count). The second-order valence-electron chi connectivity index (χ2n) is 5.61. The Labute approximate surface area is 135 Å². The van der Waals surface area contributed by atoms with Crippen molar-refractivity contribution in [3.05, 3.63) is 24.3 Å². The first-order chi connectivity index (χ1) is 10.3. The Morgan fingerprint density at radius 2 is 2.00 bits per heavy atom. The lowest BCUT2D eigenvalue weighted by atomic mass is 10.1. The van der Waals surface area contributed by atoms with E-state index in [2.05, 4.69) is 0 Å². The molecular formula is C15H20ClNO4S. The van der Waals surface area contributed by atoms with E-state index in [0.29, 0.717) is 6.54 Å². The minimum atomic E-state index is -3.59. The number of rotatable bonds is 6. The van der Waals surface area contributed by atoms with Crippen LogP contribution in [0.4, 0.5) is 5.69 Å². The van der Waals surface area contributed by atoms with E-state index in [-0.39, 0.29) is 30.1 Å². The molecule has 2 unspecified atom stereocenters. The number of anilines is 1. The van der Waals surface area contributed by atoms with Crippen LogP contribution in [0.1, 0.15) is 26.7 Å². The van der Waals surface area contributed by atoms with Gasteiger partial charge in [0.05, 0.1) is 11.9 Å². The van der Waals surface area contributed by atoms with Crippen molar-refractivity contribution in [3.63, 3.8) is 0 Å². The average Bonchev–Trinajstić information content (AvgIpc) is 2.78. The Morgan fingerprint density at radius 1 is 1.36 bits per heavy atom. The van der Waals surface area contributed by atoms with Crippen LogP contribution in [0.25, 0.3) is 0 Å². The van der Waals surface area contributed by atoms with Crippen molar-refractivity contribution >= 4 is 31.3 Å². The number of halogens is 1. The Kier molecular flexibility index (Phi) is 5.34. The molecule has 1 saturated heterocycles. The summed E-state index contributed by atoms with van der Waals surface area (Å²) in [6.45, 7) is 4.42. The van der Waals surface area contributed by atoms with Gasteiger partial charge in [0.1, 0.15) is 5.75 Å². The van der Waals surface area contributed by atoms with Gasteiger partial charge in [-0.2, -0.15) is 0 Å². The van der Waals surface area contributed by atoms with Crippen LogP contribution in [-0.4, -0.2) is 32.7 Å². The first-order valence-corrected chi connectivity index (χ1v) is 9.75. The van der Waals surface area contributed by atoms with Gasteiger partial charge in [-0.1, -0.05) is 6.92 Å². The minimum Gasteiger partial charge on any atom is -0.491 e. The molecule has 1 aromatic carbocycles. The van der Waals surface area contributed by atoms with Gasteiger partial charge >= 0.3 is 0 Å². The lowest BCUT2D eigenvalue weighted by Gasteiger charge is -2.18. The molecule has 0 N–H and O–H groups in total. The van der Waals surface area contributed by atoms with E-state index in [1.807, 2.05) is 38.1 Å². The second-order valence-corrected chi connectivity index (χ2v) is 8.43. The normalized spacial score (nSPS) is 20.2. The van der Waals surface area contributed by atoms with Crippen molar-refractivity contribution in [1.82, 2.24) is 0 Å². The van der Waals surface area contributed by atoms with Gasteiger partial charge in [-0.25, -0.2) is 8.42 Å². The molecule has 22 heavy (non-hydrogen) atoms. The number of amides is 1. The van der Waals surface area contributed by atoms with Crippen LogP contribution in [0, 0.1) is 5.92 Å². The summed E-state index contributed by atoms with van der Waals surface area (Å²) in [5, 5.41) is 0. The van der Waals surface area contributed by atoms with Crippen molar-refractivity contribution in [2.24, 2.45) is 5.92 Å². The molecule has 7 heteroatoms. The fourth-order valence-corrected chi connectivity index (χ4v) is 3.77. The fraction of sp³-hybridized carbons (Fsp3) is 0.533. The molecule has 1 aliphatic heterocycles. The molecule has 1 amide bonds. The molecule has 0 aliphatic carbocycles. The summed E-state index contributed by atoms with van der Waals surface area (Å²) in [5.74, 6) is 0.239.